The Morgan fingerprint density at radius 2 is 1.81 bits per heavy atom. The molecule has 2 aromatic rings. The summed E-state index contributed by atoms with van der Waals surface area (Å²) in [5.74, 6) is 0.647. The molecular weight excluding hydrogens is 282 g/mol. The van der Waals surface area contributed by atoms with Gasteiger partial charge in [-0.05, 0) is 41.7 Å². The minimum Gasteiger partial charge on any atom is -0.394 e. The number of benzene rings is 2. The molecule has 1 unspecified atom stereocenters. The number of nitrogens with one attached hydrogen (secondary N) is 1. The Kier molecular flexibility index (Phi) is 5.66. The van der Waals surface area contributed by atoms with Crippen molar-refractivity contribution in [1.29, 1.82) is 0 Å². The molecule has 0 aromatic heterocycles. The van der Waals surface area contributed by atoms with Gasteiger partial charge in [-0.2, -0.15) is 0 Å². The molecule has 0 spiro atoms. The summed E-state index contributed by atoms with van der Waals surface area (Å²) in [6.07, 6.45) is 1.08. The topological polar surface area (TPSA) is 32.3 Å². The maximum Gasteiger partial charge on any atom is 0.0745 e. The summed E-state index contributed by atoms with van der Waals surface area (Å²) >= 11 is 5.98. The van der Waals surface area contributed by atoms with Crippen LogP contribution in [0.5, 0.6) is 0 Å². The summed E-state index contributed by atoms with van der Waals surface area (Å²) < 4.78 is 0. The Morgan fingerprint density at radius 3 is 2.38 bits per heavy atom. The highest BCUT2D eigenvalue weighted by Gasteiger charge is 2.10. The molecule has 2 aromatic carbocycles. The summed E-state index contributed by atoms with van der Waals surface area (Å²) in [5, 5.41) is 13.6. The standard InChI is InChI=1S/C18H22ClNO/c1-13(2)10-14-6-8-15(9-7-14)18(12-21)20-17-5-3-4-16(19)11-17/h3-9,11,13,18,20-21H,10,12H2,1-2H3. The zero-order valence-electron chi connectivity index (χ0n) is 12.5. The predicted molar refractivity (Wildman–Crippen MR) is 89.9 cm³/mol. The molecule has 2 N–H and O–H groups in total. The van der Waals surface area contributed by atoms with E-state index in [1.165, 1.54) is 5.56 Å². The van der Waals surface area contributed by atoms with Crippen LogP contribution in [0.25, 0.3) is 0 Å². The highest BCUT2D eigenvalue weighted by molar-refractivity contribution is 6.30. The van der Waals surface area contributed by atoms with Crippen LogP contribution in [0.1, 0.15) is 31.0 Å². The number of hydrogen-bond acceptors (Lipinski definition) is 2. The first kappa shape index (κ1) is 15.9. The zero-order chi connectivity index (χ0) is 15.2. The fourth-order valence-corrected chi connectivity index (χ4v) is 2.56. The lowest BCUT2D eigenvalue weighted by Crippen LogP contribution is -2.14. The number of aliphatic hydroxyl groups excluding tert-OH is 1. The second kappa shape index (κ2) is 7.48. The molecule has 0 saturated carbocycles. The molecular formula is C18H22ClNO. The summed E-state index contributed by atoms with van der Waals surface area (Å²) in [7, 11) is 0. The number of hydrogen-bond donors (Lipinski definition) is 2. The van der Waals surface area contributed by atoms with Crippen LogP contribution in [0.15, 0.2) is 48.5 Å². The monoisotopic (exact) mass is 303 g/mol. The summed E-state index contributed by atoms with van der Waals surface area (Å²) in [6, 6.07) is 15.8. The third-order valence-electron chi connectivity index (χ3n) is 3.37. The van der Waals surface area contributed by atoms with Crippen molar-refractivity contribution < 1.29 is 5.11 Å². The summed E-state index contributed by atoms with van der Waals surface area (Å²) in [6.45, 7) is 4.46. The van der Waals surface area contributed by atoms with Crippen LogP contribution in [0.2, 0.25) is 5.02 Å². The normalized spacial score (nSPS) is 12.4. The lowest BCUT2D eigenvalue weighted by atomic mass is 9.99. The van der Waals surface area contributed by atoms with E-state index >= 15 is 0 Å². The maximum absolute atomic E-state index is 9.63. The van der Waals surface area contributed by atoms with Gasteiger partial charge in [0.2, 0.25) is 0 Å². The molecule has 0 aliphatic rings. The van der Waals surface area contributed by atoms with Gasteiger partial charge in [0.15, 0.2) is 0 Å². The Balaban J connectivity index is 2.10. The smallest absolute Gasteiger partial charge is 0.0745 e. The van der Waals surface area contributed by atoms with E-state index in [0.717, 1.165) is 17.7 Å². The highest BCUT2D eigenvalue weighted by atomic mass is 35.5. The summed E-state index contributed by atoms with van der Waals surface area (Å²) in [5.41, 5.74) is 3.31. The van der Waals surface area contributed by atoms with Crippen molar-refractivity contribution in [1.82, 2.24) is 0 Å². The average molecular weight is 304 g/mol. The predicted octanol–water partition coefficient (Wildman–Crippen LogP) is 4.68. The van der Waals surface area contributed by atoms with Crippen molar-refractivity contribution in [2.45, 2.75) is 26.3 Å². The van der Waals surface area contributed by atoms with E-state index in [4.69, 9.17) is 11.6 Å². The quantitative estimate of drug-likeness (QED) is 0.812. The molecule has 1 atom stereocenters. The van der Waals surface area contributed by atoms with Crippen molar-refractivity contribution in [3.8, 4) is 0 Å². The van der Waals surface area contributed by atoms with Crippen molar-refractivity contribution >= 4 is 17.3 Å². The van der Waals surface area contributed by atoms with Gasteiger partial charge >= 0.3 is 0 Å². The number of aliphatic hydroxyl groups is 1. The van der Waals surface area contributed by atoms with E-state index in [1.807, 2.05) is 24.3 Å². The minimum absolute atomic E-state index is 0.0377. The van der Waals surface area contributed by atoms with E-state index < -0.39 is 0 Å². The van der Waals surface area contributed by atoms with Crippen molar-refractivity contribution in [2.75, 3.05) is 11.9 Å². The van der Waals surface area contributed by atoms with Crippen LogP contribution in [0, 0.1) is 5.92 Å². The van der Waals surface area contributed by atoms with Gasteiger partial charge in [-0.15, -0.1) is 0 Å². The van der Waals surface area contributed by atoms with Gasteiger partial charge in [-0.25, -0.2) is 0 Å². The number of anilines is 1. The number of halogens is 1. The van der Waals surface area contributed by atoms with Crippen LogP contribution >= 0.6 is 11.6 Å². The second-order valence-corrected chi connectivity index (χ2v) is 6.17. The zero-order valence-corrected chi connectivity index (χ0v) is 13.3. The summed E-state index contributed by atoms with van der Waals surface area (Å²) in [4.78, 5) is 0. The molecule has 0 aliphatic carbocycles. The van der Waals surface area contributed by atoms with Gasteiger partial charge < -0.3 is 10.4 Å². The third kappa shape index (κ3) is 4.76. The minimum atomic E-state index is -0.128. The Hall–Kier alpha value is -1.51. The van der Waals surface area contributed by atoms with E-state index in [0.29, 0.717) is 10.9 Å². The molecule has 0 saturated heterocycles. The molecule has 21 heavy (non-hydrogen) atoms. The van der Waals surface area contributed by atoms with Gasteiger partial charge in [-0.3, -0.25) is 0 Å². The molecule has 3 heteroatoms. The molecule has 2 rings (SSSR count). The van der Waals surface area contributed by atoms with Crippen LogP contribution in [0.3, 0.4) is 0 Å². The van der Waals surface area contributed by atoms with Crippen molar-refractivity contribution in [3.05, 3.63) is 64.7 Å². The van der Waals surface area contributed by atoms with Crippen molar-refractivity contribution in [3.63, 3.8) is 0 Å². The Bertz CT molecular complexity index is 566. The Morgan fingerprint density at radius 1 is 1.10 bits per heavy atom. The second-order valence-electron chi connectivity index (χ2n) is 5.73. The molecule has 0 fully saturated rings. The van der Waals surface area contributed by atoms with Gasteiger partial charge in [0.05, 0.1) is 12.6 Å². The largest absolute Gasteiger partial charge is 0.394 e. The first-order valence-corrected chi connectivity index (χ1v) is 7.68. The Labute approximate surface area is 131 Å². The van der Waals surface area contributed by atoms with Gasteiger partial charge in [0.25, 0.3) is 0 Å². The van der Waals surface area contributed by atoms with Crippen LogP contribution < -0.4 is 5.32 Å². The fourth-order valence-electron chi connectivity index (χ4n) is 2.37. The first-order chi connectivity index (χ1) is 10.1. The molecule has 0 heterocycles. The SMILES string of the molecule is CC(C)Cc1ccc(C(CO)Nc2cccc(Cl)c2)cc1. The van der Waals surface area contributed by atoms with Gasteiger partial charge in [0, 0.05) is 10.7 Å². The van der Waals surface area contributed by atoms with Crippen LogP contribution in [-0.2, 0) is 6.42 Å². The molecule has 0 aliphatic heterocycles. The fraction of sp³-hybridized carbons (Fsp3) is 0.333. The molecule has 0 radical (unpaired) electrons. The van der Waals surface area contributed by atoms with E-state index in [-0.39, 0.29) is 12.6 Å². The first-order valence-electron chi connectivity index (χ1n) is 7.30. The molecule has 2 nitrogen and oxygen atoms in total. The lowest BCUT2D eigenvalue weighted by Gasteiger charge is -2.19. The van der Waals surface area contributed by atoms with Gasteiger partial charge in [0.1, 0.15) is 0 Å². The third-order valence-corrected chi connectivity index (χ3v) is 3.61. The van der Waals surface area contributed by atoms with Crippen molar-refractivity contribution in [2.24, 2.45) is 5.92 Å². The van der Waals surface area contributed by atoms with Crippen LogP contribution in [0.4, 0.5) is 5.69 Å². The van der Waals surface area contributed by atoms with Gasteiger partial charge in [-0.1, -0.05) is 55.8 Å². The highest BCUT2D eigenvalue weighted by Crippen LogP contribution is 2.22. The lowest BCUT2D eigenvalue weighted by molar-refractivity contribution is 0.276. The van der Waals surface area contributed by atoms with E-state index in [1.54, 1.807) is 0 Å². The molecule has 112 valence electrons. The maximum atomic E-state index is 9.63. The van der Waals surface area contributed by atoms with E-state index in [2.05, 4.69) is 43.4 Å². The van der Waals surface area contributed by atoms with E-state index in [9.17, 15) is 5.11 Å². The van der Waals surface area contributed by atoms with Crippen LogP contribution in [-0.4, -0.2) is 11.7 Å². The molecule has 0 bridgehead atoms. The molecule has 0 amide bonds. The average Bonchev–Trinajstić information content (AvgIpc) is 2.45. The number of rotatable bonds is 6.